The van der Waals surface area contributed by atoms with Crippen molar-refractivity contribution in [2.75, 3.05) is 12.8 Å². The minimum absolute atomic E-state index is 0.492. The second-order valence-corrected chi connectivity index (χ2v) is 5.84. The quantitative estimate of drug-likeness (QED) is 0.697. The Morgan fingerprint density at radius 1 is 1.12 bits per heavy atom. The molecule has 24 heavy (non-hydrogen) atoms. The molecule has 1 aliphatic carbocycles. The highest BCUT2D eigenvalue weighted by molar-refractivity contribution is 5.85. The van der Waals surface area contributed by atoms with E-state index < -0.39 is 6.09 Å². The van der Waals surface area contributed by atoms with Crippen molar-refractivity contribution in [2.45, 2.75) is 12.8 Å². The van der Waals surface area contributed by atoms with Gasteiger partial charge >= 0.3 is 6.09 Å². The fraction of sp³-hybridized carbons (Fsp3) is 0.158. The fourth-order valence-corrected chi connectivity index (χ4v) is 3.29. The van der Waals surface area contributed by atoms with E-state index >= 15 is 0 Å². The Kier molecular flexibility index (Phi) is 3.34. The second kappa shape index (κ2) is 5.53. The predicted octanol–water partition coefficient (Wildman–Crippen LogP) is 3.51. The summed E-state index contributed by atoms with van der Waals surface area (Å²) in [5.74, 6) is 0. The molecule has 0 unspecified atom stereocenters. The average Bonchev–Trinajstić information content (AvgIpc) is 3.01. The first-order chi connectivity index (χ1) is 11.7. The topological polar surface area (TPSA) is 70.1 Å². The van der Waals surface area contributed by atoms with Crippen LogP contribution in [0.5, 0.6) is 0 Å². The number of aromatic nitrogens is 2. The molecule has 1 heterocycles. The summed E-state index contributed by atoms with van der Waals surface area (Å²) >= 11 is 0. The number of nitrogens with zero attached hydrogens (tertiary/aromatic N) is 2. The van der Waals surface area contributed by atoms with Crippen molar-refractivity contribution in [1.82, 2.24) is 9.78 Å². The number of hydrogen-bond acceptors (Lipinski definition) is 4. The van der Waals surface area contributed by atoms with Crippen LogP contribution in [0.1, 0.15) is 11.1 Å². The molecule has 0 amide bonds. The maximum atomic E-state index is 12.3. The van der Waals surface area contributed by atoms with Gasteiger partial charge in [0.15, 0.2) is 0 Å². The van der Waals surface area contributed by atoms with Gasteiger partial charge in [0.1, 0.15) is 0 Å². The van der Waals surface area contributed by atoms with E-state index in [0.29, 0.717) is 5.69 Å². The third-order valence-electron chi connectivity index (χ3n) is 4.43. The van der Waals surface area contributed by atoms with Crippen molar-refractivity contribution in [3.05, 3.63) is 59.7 Å². The normalized spacial score (nSPS) is 12.4. The van der Waals surface area contributed by atoms with Gasteiger partial charge in [-0.2, -0.15) is 9.78 Å². The van der Waals surface area contributed by atoms with Crippen LogP contribution in [0.4, 0.5) is 10.5 Å². The van der Waals surface area contributed by atoms with E-state index in [2.05, 4.69) is 17.2 Å². The number of anilines is 1. The average molecular weight is 319 g/mol. The van der Waals surface area contributed by atoms with Crippen LogP contribution < -0.4 is 5.73 Å². The number of nitrogens with two attached hydrogens (primary N) is 1. The molecule has 5 heteroatoms. The molecule has 5 nitrogen and oxygen atoms in total. The number of benzene rings is 2. The summed E-state index contributed by atoms with van der Waals surface area (Å²) in [6.07, 6.45) is 1.27. The Hall–Kier alpha value is -3.08. The van der Waals surface area contributed by atoms with E-state index in [0.717, 1.165) is 40.9 Å². The van der Waals surface area contributed by atoms with Crippen molar-refractivity contribution in [3.8, 4) is 22.5 Å². The number of carbonyl (C=O) groups is 1. The Labute approximate surface area is 139 Å². The molecule has 2 aromatic carbocycles. The Morgan fingerprint density at radius 2 is 1.88 bits per heavy atom. The predicted molar refractivity (Wildman–Crippen MR) is 92.7 cm³/mol. The van der Waals surface area contributed by atoms with Crippen molar-refractivity contribution >= 4 is 11.8 Å². The number of rotatable bonds is 1. The van der Waals surface area contributed by atoms with Crippen molar-refractivity contribution in [1.29, 1.82) is 0 Å². The Bertz CT molecular complexity index is 926. The highest BCUT2D eigenvalue weighted by atomic mass is 16.5. The van der Waals surface area contributed by atoms with E-state index in [-0.39, 0.29) is 0 Å². The van der Waals surface area contributed by atoms with Crippen LogP contribution in [0.15, 0.2) is 48.5 Å². The number of carbonyl (C=O) groups excluding carboxylic acids is 1. The van der Waals surface area contributed by atoms with Crippen LogP contribution in [0.25, 0.3) is 22.5 Å². The Balaban J connectivity index is 1.98. The lowest BCUT2D eigenvalue weighted by atomic mass is 9.88. The lowest BCUT2D eigenvalue weighted by Gasteiger charge is -2.16. The first-order valence-electron chi connectivity index (χ1n) is 7.83. The lowest BCUT2D eigenvalue weighted by Crippen LogP contribution is -2.14. The third-order valence-corrected chi connectivity index (χ3v) is 4.43. The third kappa shape index (κ3) is 2.17. The molecule has 0 aliphatic heterocycles. The molecule has 0 saturated carbocycles. The van der Waals surface area contributed by atoms with Gasteiger partial charge in [-0.05, 0) is 30.5 Å². The summed E-state index contributed by atoms with van der Waals surface area (Å²) in [5, 5.41) is 4.57. The highest BCUT2D eigenvalue weighted by Crippen LogP contribution is 2.38. The van der Waals surface area contributed by atoms with Gasteiger partial charge < -0.3 is 10.5 Å². The SMILES string of the molecule is COC(=O)n1nc2c(c1-c1ccc(N)cc1)CCc1ccccc1-2. The first kappa shape index (κ1) is 14.5. The van der Waals surface area contributed by atoms with Gasteiger partial charge in [0.2, 0.25) is 0 Å². The second-order valence-electron chi connectivity index (χ2n) is 5.84. The largest absolute Gasteiger partial charge is 0.451 e. The van der Waals surface area contributed by atoms with E-state index in [9.17, 15) is 4.79 Å². The summed E-state index contributed by atoms with van der Waals surface area (Å²) < 4.78 is 6.28. The zero-order valence-corrected chi connectivity index (χ0v) is 13.3. The molecule has 0 bridgehead atoms. The van der Waals surface area contributed by atoms with Gasteiger partial charge in [-0.15, -0.1) is 0 Å². The summed E-state index contributed by atoms with van der Waals surface area (Å²) in [6, 6.07) is 15.7. The maximum absolute atomic E-state index is 12.3. The molecule has 0 saturated heterocycles. The number of hydrogen-bond donors (Lipinski definition) is 1. The minimum Gasteiger partial charge on any atom is -0.451 e. The van der Waals surface area contributed by atoms with Crippen molar-refractivity contribution in [3.63, 3.8) is 0 Å². The molecule has 0 radical (unpaired) electrons. The van der Waals surface area contributed by atoms with E-state index in [1.807, 2.05) is 36.4 Å². The molecule has 0 fully saturated rings. The van der Waals surface area contributed by atoms with Crippen LogP contribution in [0.3, 0.4) is 0 Å². The van der Waals surface area contributed by atoms with Gasteiger partial charge in [0.05, 0.1) is 18.5 Å². The van der Waals surface area contributed by atoms with E-state index in [1.54, 1.807) is 0 Å². The van der Waals surface area contributed by atoms with Crippen LogP contribution in [0.2, 0.25) is 0 Å². The molecule has 4 rings (SSSR count). The first-order valence-corrected chi connectivity index (χ1v) is 7.83. The maximum Gasteiger partial charge on any atom is 0.435 e. The van der Waals surface area contributed by atoms with Gasteiger partial charge in [0.25, 0.3) is 0 Å². The van der Waals surface area contributed by atoms with Gasteiger partial charge in [-0.25, -0.2) is 4.79 Å². The van der Waals surface area contributed by atoms with E-state index in [1.165, 1.54) is 17.4 Å². The number of ether oxygens (including phenoxy) is 1. The summed E-state index contributed by atoms with van der Waals surface area (Å²) in [4.78, 5) is 12.3. The number of methoxy groups -OCH3 is 1. The number of fused-ring (bicyclic) bond motifs is 3. The summed E-state index contributed by atoms with van der Waals surface area (Å²) in [5.41, 5.74) is 12.4. The zero-order chi connectivity index (χ0) is 16.7. The number of aryl methyl sites for hydroxylation is 1. The molecule has 1 aromatic heterocycles. The van der Waals surface area contributed by atoms with Crippen molar-refractivity contribution in [2.24, 2.45) is 0 Å². The Morgan fingerprint density at radius 3 is 2.62 bits per heavy atom. The fourth-order valence-electron chi connectivity index (χ4n) is 3.29. The molecule has 3 aromatic rings. The molecule has 0 spiro atoms. The number of nitrogen functional groups attached to an aromatic ring is 1. The molecule has 1 aliphatic rings. The lowest BCUT2D eigenvalue weighted by molar-refractivity contribution is 0.169. The van der Waals surface area contributed by atoms with E-state index in [4.69, 9.17) is 10.5 Å². The minimum atomic E-state index is -0.492. The van der Waals surface area contributed by atoms with Crippen LogP contribution in [-0.4, -0.2) is 23.0 Å². The van der Waals surface area contributed by atoms with Gasteiger partial charge in [-0.1, -0.05) is 36.4 Å². The highest BCUT2D eigenvalue weighted by Gasteiger charge is 2.27. The summed E-state index contributed by atoms with van der Waals surface area (Å²) in [7, 11) is 1.36. The van der Waals surface area contributed by atoms with Crippen LogP contribution in [0, 0.1) is 0 Å². The molecule has 2 N–H and O–H groups in total. The smallest absolute Gasteiger partial charge is 0.435 e. The standard InChI is InChI=1S/C19H17N3O2/c1-24-19(23)22-18(13-6-9-14(20)10-7-13)16-11-8-12-4-2-3-5-15(12)17(16)21-22/h2-7,9-10H,8,11,20H2,1H3. The monoisotopic (exact) mass is 319 g/mol. The van der Waals surface area contributed by atoms with Gasteiger partial charge in [-0.3, -0.25) is 0 Å². The molecule has 0 atom stereocenters. The zero-order valence-electron chi connectivity index (χ0n) is 13.3. The van der Waals surface area contributed by atoms with Crippen LogP contribution >= 0.6 is 0 Å². The van der Waals surface area contributed by atoms with Gasteiger partial charge in [0, 0.05) is 22.4 Å². The molecule has 120 valence electrons. The molecular formula is C19H17N3O2. The van der Waals surface area contributed by atoms with Crippen LogP contribution in [-0.2, 0) is 17.6 Å². The summed E-state index contributed by atoms with van der Waals surface area (Å²) in [6.45, 7) is 0. The van der Waals surface area contributed by atoms with Crippen molar-refractivity contribution < 1.29 is 9.53 Å². The molecular weight excluding hydrogens is 302 g/mol.